The van der Waals surface area contributed by atoms with Crippen molar-refractivity contribution in [2.24, 2.45) is 5.41 Å². The fourth-order valence-corrected chi connectivity index (χ4v) is 2.95. The molecule has 2 nitrogen and oxygen atoms in total. The number of carbonyl (C=O) groups excluding carboxylic acids is 1. The predicted molar refractivity (Wildman–Crippen MR) is 68.7 cm³/mol. The standard InChI is InChI=1S/C15H17NO/c17-14-9-13(10-15(11-14)7-4-8-15)16-12-5-2-1-3-6-12/h1-3,5-6,9,16H,4,7-8,10-11H2. The Balaban J connectivity index is 1.77. The number of hydrogen-bond donors (Lipinski definition) is 1. The summed E-state index contributed by atoms with van der Waals surface area (Å²) >= 11 is 0. The number of carbonyl (C=O) groups is 1. The van der Waals surface area contributed by atoms with Crippen LogP contribution < -0.4 is 5.32 Å². The van der Waals surface area contributed by atoms with Gasteiger partial charge in [-0.15, -0.1) is 0 Å². The summed E-state index contributed by atoms with van der Waals surface area (Å²) < 4.78 is 0. The first-order chi connectivity index (χ1) is 8.26. The summed E-state index contributed by atoms with van der Waals surface area (Å²) in [5.41, 5.74) is 2.46. The van der Waals surface area contributed by atoms with Crippen molar-refractivity contribution in [2.45, 2.75) is 32.1 Å². The van der Waals surface area contributed by atoms with Crippen LogP contribution in [0.15, 0.2) is 42.1 Å². The zero-order valence-corrected chi connectivity index (χ0v) is 9.91. The van der Waals surface area contributed by atoms with Crippen LogP contribution in [-0.2, 0) is 4.79 Å². The van der Waals surface area contributed by atoms with E-state index in [4.69, 9.17) is 0 Å². The maximum atomic E-state index is 11.8. The Bertz CT molecular complexity index is 457. The van der Waals surface area contributed by atoms with Crippen molar-refractivity contribution in [1.29, 1.82) is 0 Å². The van der Waals surface area contributed by atoms with Crippen molar-refractivity contribution in [2.75, 3.05) is 5.32 Å². The summed E-state index contributed by atoms with van der Waals surface area (Å²) in [6.07, 6.45) is 7.29. The lowest BCUT2D eigenvalue weighted by molar-refractivity contribution is -0.119. The minimum atomic E-state index is 0.286. The summed E-state index contributed by atoms with van der Waals surface area (Å²) in [4.78, 5) is 11.8. The molecule has 1 fully saturated rings. The smallest absolute Gasteiger partial charge is 0.157 e. The van der Waals surface area contributed by atoms with E-state index in [1.54, 1.807) is 6.08 Å². The summed E-state index contributed by atoms with van der Waals surface area (Å²) in [6, 6.07) is 10.1. The molecule has 0 unspecified atom stereocenters. The molecule has 1 aromatic rings. The quantitative estimate of drug-likeness (QED) is 0.837. The molecule has 2 heteroatoms. The van der Waals surface area contributed by atoms with Crippen molar-refractivity contribution in [3.63, 3.8) is 0 Å². The van der Waals surface area contributed by atoms with Gasteiger partial charge in [-0.25, -0.2) is 0 Å². The van der Waals surface area contributed by atoms with Crippen LogP contribution in [0.4, 0.5) is 5.69 Å². The Kier molecular flexibility index (Phi) is 2.50. The second kappa shape index (κ2) is 4.02. The Morgan fingerprint density at radius 3 is 2.47 bits per heavy atom. The van der Waals surface area contributed by atoms with Gasteiger partial charge in [0.15, 0.2) is 5.78 Å². The summed E-state index contributed by atoms with van der Waals surface area (Å²) in [7, 11) is 0. The highest BCUT2D eigenvalue weighted by Crippen LogP contribution is 2.50. The second-order valence-corrected chi connectivity index (χ2v) is 5.33. The summed E-state index contributed by atoms with van der Waals surface area (Å²) in [5, 5.41) is 3.37. The molecule has 0 aliphatic heterocycles. The summed E-state index contributed by atoms with van der Waals surface area (Å²) in [5.74, 6) is 0.286. The van der Waals surface area contributed by atoms with Crippen LogP contribution in [-0.4, -0.2) is 5.78 Å². The van der Waals surface area contributed by atoms with Crippen molar-refractivity contribution in [3.8, 4) is 0 Å². The molecule has 88 valence electrons. The van der Waals surface area contributed by atoms with E-state index in [-0.39, 0.29) is 5.78 Å². The highest BCUT2D eigenvalue weighted by molar-refractivity contribution is 5.92. The number of anilines is 1. The average Bonchev–Trinajstić information content (AvgIpc) is 2.27. The molecule has 3 rings (SSSR count). The largest absolute Gasteiger partial charge is 0.359 e. The Morgan fingerprint density at radius 1 is 1.06 bits per heavy atom. The van der Waals surface area contributed by atoms with Crippen LogP contribution >= 0.6 is 0 Å². The molecule has 0 heterocycles. The van der Waals surface area contributed by atoms with E-state index in [9.17, 15) is 4.79 Å². The third-order valence-electron chi connectivity index (χ3n) is 3.94. The van der Waals surface area contributed by atoms with Gasteiger partial charge in [0.2, 0.25) is 0 Å². The second-order valence-electron chi connectivity index (χ2n) is 5.33. The van der Waals surface area contributed by atoms with Crippen LogP contribution in [0.1, 0.15) is 32.1 Å². The molecule has 0 radical (unpaired) electrons. The van der Waals surface area contributed by atoms with Gasteiger partial charge in [0.25, 0.3) is 0 Å². The van der Waals surface area contributed by atoms with E-state index in [1.807, 2.05) is 30.3 Å². The lowest BCUT2D eigenvalue weighted by Crippen LogP contribution is -2.36. The molecular weight excluding hydrogens is 210 g/mol. The van der Waals surface area contributed by atoms with Gasteiger partial charge in [-0.05, 0) is 36.8 Å². The first-order valence-corrected chi connectivity index (χ1v) is 6.31. The zero-order chi connectivity index (χ0) is 11.7. The van der Waals surface area contributed by atoms with Gasteiger partial charge < -0.3 is 5.32 Å². The van der Waals surface area contributed by atoms with Gasteiger partial charge in [-0.3, -0.25) is 4.79 Å². The van der Waals surface area contributed by atoms with Crippen LogP contribution in [0.3, 0.4) is 0 Å². The fourth-order valence-electron chi connectivity index (χ4n) is 2.95. The maximum Gasteiger partial charge on any atom is 0.157 e. The van der Waals surface area contributed by atoms with E-state index in [0.29, 0.717) is 5.41 Å². The minimum absolute atomic E-state index is 0.286. The Hall–Kier alpha value is -1.57. The zero-order valence-electron chi connectivity index (χ0n) is 9.91. The van der Waals surface area contributed by atoms with Crippen molar-refractivity contribution in [3.05, 3.63) is 42.1 Å². The van der Waals surface area contributed by atoms with Gasteiger partial charge in [0.1, 0.15) is 0 Å². The third kappa shape index (κ3) is 2.12. The molecule has 17 heavy (non-hydrogen) atoms. The molecule has 0 bridgehead atoms. The van der Waals surface area contributed by atoms with Gasteiger partial charge >= 0.3 is 0 Å². The monoisotopic (exact) mass is 227 g/mol. The number of rotatable bonds is 2. The third-order valence-corrected chi connectivity index (χ3v) is 3.94. The van der Waals surface area contributed by atoms with Crippen LogP contribution in [0.25, 0.3) is 0 Å². The number of para-hydroxylation sites is 1. The molecule has 1 N–H and O–H groups in total. The predicted octanol–water partition coefficient (Wildman–Crippen LogP) is 3.52. The van der Waals surface area contributed by atoms with E-state index < -0.39 is 0 Å². The molecule has 1 spiro atoms. The van der Waals surface area contributed by atoms with Gasteiger partial charge in [-0.2, -0.15) is 0 Å². The molecule has 0 saturated heterocycles. The van der Waals surface area contributed by atoms with E-state index in [2.05, 4.69) is 5.32 Å². The molecule has 1 aromatic carbocycles. The Labute approximate surface area is 102 Å². The number of allylic oxidation sites excluding steroid dienone is 2. The number of ketones is 1. The van der Waals surface area contributed by atoms with Crippen molar-refractivity contribution < 1.29 is 4.79 Å². The lowest BCUT2D eigenvalue weighted by Gasteiger charge is -2.44. The lowest BCUT2D eigenvalue weighted by atomic mass is 9.61. The highest BCUT2D eigenvalue weighted by Gasteiger charge is 2.41. The van der Waals surface area contributed by atoms with Crippen LogP contribution in [0, 0.1) is 5.41 Å². The number of hydrogen-bond acceptors (Lipinski definition) is 2. The summed E-state index contributed by atoms with van der Waals surface area (Å²) in [6.45, 7) is 0. The molecule has 2 aliphatic rings. The van der Waals surface area contributed by atoms with Gasteiger partial charge in [0, 0.05) is 23.9 Å². The normalized spacial score (nSPS) is 21.9. The maximum absolute atomic E-state index is 11.8. The molecular formula is C15H17NO. The van der Waals surface area contributed by atoms with E-state index in [1.165, 1.54) is 19.3 Å². The fraction of sp³-hybridized carbons (Fsp3) is 0.400. The molecule has 0 aromatic heterocycles. The highest BCUT2D eigenvalue weighted by atomic mass is 16.1. The molecule has 2 aliphatic carbocycles. The van der Waals surface area contributed by atoms with Crippen LogP contribution in [0.2, 0.25) is 0 Å². The van der Waals surface area contributed by atoms with Crippen LogP contribution in [0.5, 0.6) is 0 Å². The van der Waals surface area contributed by atoms with E-state index >= 15 is 0 Å². The molecule has 1 saturated carbocycles. The van der Waals surface area contributed by atoms with E-state index in [0.717, 1.165) is 24.2 Å². The SMILES string of the molecule is O=C1C=C(Nc2ccccc2)CC2(CCC2)C1. The molecule has 0 amide bonds. The average molecular weight is 227 g/mol. The van der Waals surface area contributed by atoms with Crippen molar-refractivity contribution >= 4 is 11.5 Å². The molecule has 0 atom stereocenters. The topological polar surface area (TPSA) is 29.1 Å². The number of nitrogens with one attached hydrogen (secondary N) is 1. The van der Waals surface area contributed by atoms with Gasteiger partial charge in [0.05, 0.1) is 0 Å². The van der Waals surface area contributed by atoms with Crippen molar-refractivity contribution in [1.82, 2.24) is 0 Å². The first kappa shape index (κ1) is 10.6. The minimum Gasteiger partial charge on any atom is -0.359 e. The number of benzene rings is 1. The Morgan fingerprint density at radius 2 is 1.82 bits per heavy atom. The van der Waals surface area contributed by atoms with Gasteiger partial charge in [-0.1, -0.05) is 24.6 Å². The first-order valence-electron chi connectivity index (χ1n) is 6.31.